The molecule has 0 aliphatic rings. The van der Waals surface area contributed by atoms with Gasteiger partial charge >= 0.3 is 11.9 Å². The van der Waals surface area contributed by atoms with Crippen molar-refractivity contribution in [2.24, 2.45) is 5.92 Å². The van der Waals surface area contributed by atoms with E-state index in [1.165, 1.54) is 0 Å². The number of ether oxygens (including phenoxy) is 2. The van der Waals surface area contributed by atoms with Crippen molar-refractivity contribution in [2.75, 3.05) is 34.3 Å². The fourth-order valence-electron chi connectivity index (χ4n) is 1.78. The molecule has 0 heterocycles. The average molecular weight is 324 g/mol. The van der Waals surface area contributed by atoms with Crippen molar-refractivity contribution in [1.82, 2.24) is 0 Å². The summed E-state index contributed by atoms with van der Waals surface area (Å²) in [4.78, 5) is 23.4. The number of hydrogen-bond acceptors (Lipinski definition) is 4. The topological polar surface area (TPSA) is 52.6 Å². The lowest BCUT2D eigenvalue weighted by Crippen LogP contribution is -3.00. The van der Waals surface area contributed by atoms with Crippen LogP contribution in [0.25, 0.3) is 0 Å². The molecule has 0 spiro atoms. The molecule has 0 saturated heterocycles. The van der Waals surface area contributed by atoms with Gasteiger partial charge in [0.25, 0.3) is 0 Å². The van der Waals surface area contributed by atoms with Crippen molar-refractivity contribution < 1.29 is 36.0 Å². The van der Waals surface area contributed by atoms with Crippen LogP contribution in [0.4, 0.5) is 0 Å². The van der Waals surface area contributed by atoms with E-state index in [2.05, 4.69) is 0 Å². The Morgan fingerprint density at radius 2 is 1.62 bits per heavy atom. The van der Waals surface area contributed by atoms with Gasteiger partial charge in [0.15, 0.2) is 6.10 Å². The standard InChI is InChI=1S/C15H30NO4.ClH/c1-7-8-19-14(17)10-13(11-16(4,5)6)20-15(18)9-12(2)3;/h12-13H,7-11H2,1-6H3;1H/q+1;/p-1/t13-;/m1./s1. The highest BCUT2D eigenvalue weighted by atomic mass is 35.5. The predicted octanol–water partition coefficient (Wildman–Crippen LogP) is -1.00. The van der Waals surface area contributed by atoms with Crippen LogP contribution >= 0.6 is 0 Å². The van der Waals surface area contributed by atoms with Crippen molar-refractivity contribution in [3.05, 3.63) is 0 Å². The summed E-state index contributed by atoms with van der Waals surface area (Å²) < 4.78 is 11.1. The number of rotatable bonds is 9. The van der Waals surface area contributed by atoms with E-state index in [1.807, 2.05) is 41.9 Å². The Morgan fingerprint density at radius 3 is 2.05 bits per heavy atom. The summed E-state index contributed by atoms with van der Waals surface area (Å²) >= 11 is 0. The maximum absolute atomic E-state index is 11.8. The van der Waals surface area contributed by atoms with Crippen molar-refractivity contribution in [3.8, 4) is 0 Å². The molecule has 1 atom stereocenters. The molecule has 0 amide bonds. The molecule has 0 bridgehead atoms. The number of esters is 2. The zero-order valence-electron chi connectivity index (χ0n) is 14.1. The quantitative estimate of drug-likeness (QED) is 0.403. The number of hydrogen-bond donors (Lipinski definition) is 0. The summed E-state index contributed by atoms with van der Waals surface area (Å²) in [5.41, 5.74) is 0. The zero-order chi connectivity index (χ0) is 15.8. The lowest BCUT2D eigenvalue weighted by Gasteiger charge is -2.28. The first kappa shape index (κ1) is 22.5. The first-order chi connectivity index (χ1) is 9.14. The maximum Gasteiger partial charge on any atom is 0.309 e. The molecule has 0 aliphatic carbocycles. The molecule has 0 aromatic rings. The number of carbonyl (C=O) groups is 2. The van der Waals surface area contributed by atoms with Gasteiger partial charge in [-0.25, -0.2) is 0 Å². The summed E-state index contributed by atoms with van der Waals surface area (Å²) in [6.07, 6.45) is 0.862. The van der Waals surface area contributed by atoms with Crippen LogP contribution in [0.15, 0.2) is 0 Å². The molecule has 0 saturated carbocycles. The van der Waals surface area contributed by atoms with Crippen molar-refractivity contribution >= 4 is 11.9 Å². The second kappa shape index (κ2) is 10.9. The summed E-state index contributed by atoms with van der Waals surface area (Å²) in [6, 6.07) is 0. The van der Waals surface area contributed by atoms with Gasteiger partial charge < -0.3 is 26.4 Å². The normalized spacial score (nSPS) is 12.5. The van der Waals surface area contributed by atoms with Crippen LogP contribution in [0.2, 0.25) is 0 Å². The second-order valence-electron chi connectivity index (χ2n) is 6.61. The van der Waals surface area contributed by atoms with Crippen molar-refractivity contribution in [1.29, 1.82) is 0 Å². The van der Waals surface area contributed by atoms with Crippen LogP contribution in [0.3, 0.4) is 0 Å². The third-order valence-electron chi connectivity index (χ3n) is 2.49. The Bertz CT molecular complexity index is 313. The van der Waals surface area contributed by atoms with Crippen LogP contribution in [0, 0.1) is 5.92 Å². The molecular formula is C15H30ClNO4. The van der Waals surface area contributed by atoms with Crippen LogP contribution in [0.5, 0.6) is 0 Å². The smallest absolute Gasteiger partial charge is 0.309 e. The Hall–Kier alpha value is -0.810. The number of quaternary nitrogens is 1. The largest absolute Gasteiger partial charge is 1.00 e. The third-order valence-corrected chi connectivity index (χ3v) is 2.49. The fourth-order valence-corrected chi connectivity index (χ4v) is 1.78. The van der Waals surface area contributed by atoms with Gasteiger partial charge in [0, 0.05) is 6.42 Å². The molecule has 0 aliphatic heterocycles. The number of nitrogens with zero attached hydrogens (tertiary/aromatic N) is 1. The lowest BCUT2D eigenvalue weighted by molar-refractivity contribution is -0.873. The van der Waals surface area contributed by atoms with E-state index in [0.717, 1.165) is 6.42 Å². The van der Waals surface area contributed by atoms with E-state index < -0.39 is 6.10 Å². The van der Waals surface area contributed by atoms with E-state index in [1.54, 1.807) is 0 Å². The lowest BCUT2D eigenvalue weighted by atomic mass is 10.1. The molecule has 21 heavy (non-hydrogen) atoms. The van der Waals surface area contributed by atoms with Crippen LogP contribution < -0.4 is 12.4 Å². The van der Waals surface area contributed by atoms with E-state index in [9.17, 15) is 9.59 Å². The summed E-state index contributed by atoms with van der Waals surface area (Å²) in [5.74, 6) is -0.302. The Morgan fingerprint density at radius 1 is 1.05 bits per heavy atom. The van der Waals surface area contributed by atoms with Gasteiger partial charge in [0.2, 0.25) is 0 Å². The van der Waals surface area contributed by atoms with Gasteiger partial charge in [0.1, 0.15) is 6.54 Å². The number of carbonyl (C=O) groups excluding carboxylic acids is 2. The van der Waals surface area contributed by atoms with Gasteiger partial charge in [-0.1, -0.05) is 20.8 Å². The minimum Gasteiger partial charge on any atom is -1.00 e. The second-order valence-corrected chi connectivity index (χ2v) is 6.61. The van der Waals surface area contributed by atoms with Crippen LogP contribution in [-0.2, 0) is 19.1 Å². The monoisotopic (exact) mass is 323 g/mol. The average Bonchev–Trinajstić information content (AvgIpc) is 2.22. The van der Waals surface area contributed by atoms with Crippen molar-refractivity contribution in [3.63, 3.8) is 0 Å². The van der Waals surface area contributed by atoms with E-state index in [0.29, 0.717) is 24.1 Å². The van der Waals surface area contributed by atoms with Gasteiger partial charge in [-0.3, -0.25) is 9.59 Å². The van der Waals surface area contributed by atoms with Crippen LogP contribution in [-0.4, -0.2) is 56.8 Å². The first-order valence-corrected chi connectivity index (χ1v) is 7.29. The Kier molecular flexibility index (Phi) is 11.6. The first-order valence-electron chi connectivity index (χ1n) is 7.29. The Labute approximate surface area is 135 Å². The van der Waals surface area contributed by atoms with E-state index >= 15 is 0 Å². The molecular weight excluding hydrogens is 294 g/mol. The highest BCUT2D eigenvalue weighted by Gasteiger charge is 2.25. The molecule has 5 nitrogen and oxygen atoms in total. The molecule has 0 unspecified atom stereocenters. The number of halogens is 1. The van der Waals surface area contributed by atoms with E-state index in [4.69, 9.17) is 9.47 Å². The highest BCUT2D eigenvalue weighted by Crippen LogP contribution is 2.10. The van der Waals surface area contributed by atoms with Gasteiger partial charge in [-0.15, -0.1) is 0 Å². The summed E-state index contributed by atoms with van der Waals surface area (Å²) in [7, 11) is 6.00. The molecule has 0 rings (SSSR count). The fraction of sp³-hybridized carbons (Fsp3) is 0.867. The Balaban J connectivity index is 0. The van der Waals surface area contributed by atoms with Gasteiger partial charge in [0.05, 0.1) is 34.2 Å². The molecule has 0 aromatic carbocycles. The molecule has 0 N–H and O–H groups in total. The maximum atomic E-state index is 11.8. The minimum atomic E-state index is -0.425. The predicted molar refractivity (Wildman–Crippen MR) is 78.1 cm³/mol. The van der Waals surface area contributed by atoms with Gasteiger partial charge in [-0.2, -0.15) is 0 Å². The molecule has 0 fully saturated rings. The third kappa shape index (κ3) is 13.9. The minimum absolute atomic E-state index is 0. The molecule has 0 radical (unpaired) electrons. The molecule has 6 heteroatoms. The van der Waals surface area contributed by atoms with Gasteiger partial charge in [-0.05, 0) is 12.3 Å². The molecule has 0 aromatic heterocycles. The SMILES string of the molecule is CCCOC(=O)C[C@H](C[N+](C)(C)C)OC(=O)CC(C)C.[Cl-]. The number of likely N-dealkylation sites (N-methyl/N-ethyl adjacent to an activating group) is 1. The van der Waals surface area contributed by atoms with E-state index in [-0.39, 0.29) is 36.7 Å². The highest BCUT2D eigenvalue weighted by molar-refractivity contribution is 5.72. The summed E-state index contributed by atoms with van der Waals surface area (Å²) in [6.45, 7) is 6.87. The van der Waals surface area contributed by atoms with Crippen LogP contribution in [0.1, 0.15) is 40.0 Å². The molecule has 126 valence electrons. The zero-order valence-corrected chi connectivity index (χ0v) is 14.9. The van der Waals surface area contributed by atoms with Crippen molar-refractivity contribution in [2.45, 2.75) is 46.1 Å². The summed E-state index contributed by atoms with van der Waals surface area (Å²) in [5, 5.41) is 0.